The van der Waals surface area contributed by atoms with Gasteiger partial charge in [-0.05, 0) is 24.0 Å². The molecule has 0 aliphatic carbocycles. The molecule has 2 atom stereocenters. The van der Waals surface area contributed by atoms with Crippen LogP contribution in [0.25, 0.3) is 0 Å². The summed E-state index contributed by atoms with van der Waals surface area (Å²) in [5.74, 6) is 0.155. The lowest BCUT2D eigenvalue weighted by atomic mass is 9.95. The molecule has 5 nitrogen and oxygen atoms in total. The Morgan fingerprint density at radius 1 is 1.25 bits per heavy atom. The van der Waals surface area contributed by atoms with E-state index in [2.05, 4.69) is 16.7 Å². The SMILES string of the molecule is O=C(NC1CCS(=O)(=O)C1)[C@@H]1Cc2ccccc2CN1. The first-order chi connectivity index (χ1) is 9.53. The Hall–Kier alpha value is -1.40. The minimum atomic E-state index is -2.96. The number of carbonyl (C=O) groups excluding carboxylic acids is 1. The highest BCUT2D eigenvalue weighted by Crippen LogP contribution is 2.17. The summed E-state index contributed by atoms with van der Waals surface area (Å²) in [6.07, 6.45) is 1.18. The van der Waals surface area contributed by atoms with Crippen molar-refractivity contribution in [2.75, 3.05) is 11.5 Å². The Balaban J connectivity index is 1.62. The highest BCUT2D eigenvalue weighted by atomic mass is 32.2. The van der Waals surface area contributed by atoms with Gasteiger partial charge in [0.2, 0.25) is 5.91 Å². The summed E-state index contributed by atoms with van der Waals surface area (Å²) < 4.78 is 22.8. The molecule has 2 aliphatic heterocycles. The van der Waals surface area contributed by atoms with E-state index in [4.69, 9.17) is 0 Å². The average molecular weight is 294 g/mol. The molecular formula is C14H18N2O3S. The maximum atomic E-state index is 12.2. The van der Waals surface area contributed by atoms with E-state index < -0.39 is 9.84 Å². The molecule has 108 valence electrons. The molecule has 2 N–H and O–H groups in total. The van der Waals surface area contributed by atoms with E-state index in [0.29, 0.717) is 19.4 Å². The highest BCUT2D eigenvalue weighted by molar-refractivity contribution is 7.91. The third kappa shape index (κ3) is 2.86. The van der Waals surface area contributed by atoms with Crippen molar-refractivity contribution in [1.29, 1.82) is 0 Å². The van der Waals surface area contributed by atoms with Crippen LogP contribution in [0.4, 0.5) is 0 Å². The van der Waals surface area contributed by atoms with Crippen molar-refractivity contribution in [3.63, 3.8) is 0 Å². The van der Waals surface area contributed by atoms with Crippen LogP contribution in [0.1, 0.15) is 17.5 Å². The Kier molecular flexibility index (Phi) is 3.52. The van der Waals surface area contributed by atoms with E-state index in [1.807, 2.05) is 18.2 Å². The first-order valence-corrected chi connectivity index (χ1v) is 8.66. The summed E-state index contributed by atoms with van der Waals surface area (Å²) in [5.41, 5.74) is 2.41. The number of hydrogen-bond donors (Lipinski definition) is 2. The normalized spacial score (nSPS) is 27.8. The maximum absolute atomic E-state index is 12.2. The van der Waals surface area contributed by atoms with Crippen LogP contribution < -0.4 is 10.6 Å². The van der Waals surface area contributed by atoms with Crippen molar-refractivity contribution in [3.05, 3.63) is 35.4 Å². The van der Waals surface area contributed by atoms with E-state index in [0.717, 1.165) is 0 Å². The minimum Gasteiger partial charge on any atom is -0.351 e. The molecule has 3 rings (SSSR count). The van der Waals surface area contributed by atoms with Gasteiger partial charge in [0.25, 0.3) is 0 Å². The van der Waals surface area contributed by atoms with Gasteiger partial charge in [-0.3, -0.25) is 4.79 Å². The molecule has 1 saturated heterocycles. The smallest absolute Gasteiger partial charge is 0.237 e. The average Bonchev–Trinajstić information content (AvgIpc) is 2.77. The zero-order valence-electron chi connectivity index (χ0n) is 11.1. The van der Waals surface area contributed by atoms with Gasteiger partial charge in [0.05, 0.1) is 17.5 Å². The van der Waals surface area contributed by atoms with Crippen molar-refractivity contribution in [2.24, 2.45) is 0 Å². The van der Waals surface area contributed by atoms with Crippen molar-refractivity contribution in [1.82, 2.24) is 10.6 Å². The number of amides is 1. The van der Waals surface area contributed by atoms with E-state index in [-0.39, 0.29) is 29.5 Å². The maximum Gasteiger partial charge on any atom is 0.237 e. The Bertz CT molecular complexity index is 627. The fourth-order valence-corrected chi connectivity index (χ4v) is 4.52. The van der Waals surface area contributed by atoms with Crippen molar-refractivity contribution in [3.8, 4) is 0 Å². The molecule has 1 aromatic carbocycles. The molecule has 0 saturated carbocycles. The number of benzene rings is 1. The number of sulfone groups is 1. The van der Waals surface area contributed by atoms with Crippen LogP contribution in [0, 0.1) is 0 Å². The van der Waals surface area contributed by atoms with Gasteiger partial charge in [-0.1, -0.05) is 24.3 Å². The van der Waals surface area contributed by atoms with Gasteiger partial charge in [0.15, 0.2) is 9.84 Å². The number of nitrogens with one attached hydrogen (secondary N) is 2. The number of rotatable bonds is 2. The molecule has 6 heteroatoms. The second-order valence-electron chi connectivity index (χ2n) is 5.51. The third-order valence-corrected chi connectivity index (χ3v) is 5.74. The molecule has 20 heavy (non-hydrogen) atoms. The summed E-state index contributed by atoms with van der Waals surface area (Å²) in [5, 5.41) is 6.06. The summed E-state index contributed by atoms with van der Waals surface area (Å²) in [7, 11) is -2.96. The molecular weight excluding hydrogens is 276 g/mol. The lowest BCUT2D eigenvalue weighted by Crippen LogP contribution is -2.50. The second kappa shape index (κ2) is 5.18. The molecule has 2 aliphatic rings. The summed E-state index contributed by atoms with van der Waals surface area (Å²) in [6, 6.07) is 7.56. The minimum absolute atomic E-state index is 0.0715. The second-order valence-corrected chi connectivity index (χ2v) is 7.74. The molecule has 1 fully saturated rings. The lowest BCUT2D eigenvalue weighted by molar-refractivity contribution is -0.123. The largest absolute Gasteiger partial charge is 0.351 e. The first kappa shape index (κ1) is 13.6. The molecule has 0 aromatic heterocycles. The lowest BCUT2D eigenvalue weighted by Gasteiger charge is -2.26. The van der Waals surface area contributed by atoms with Gasteiger partial charge in [-0.25, -0.2) is 8.42 Å². The molecule has 1 aromatic rings. The number of hydrogen-bond acceptors (Lipinski definition) is 4. The fraction of sp³-hybridized carbons (Fsp3) is 0.500. The zero-order valence-corrected chi connectivity index (χ0v) is 11.9. The van der Waals surface area contributed by atoms with Crippen LogP contribution in [0.3, 0.4) is 0 Å². The predicted molar refractivity (Wildman–Crippen MR) is 76.0 cm³/mol. The fourth-order valence-electron chi connectivity index (χ4n) is 2.85. The molecule has 1 amide bonds. The van der Waals surface area contributed by atoms with Crippen LogP contribution in [0.5, 0.6) is 0 Å². The van der Waals surface area contributed by atoms with E-state index in [1.54, 1.807) is 0 Å². The van der Waals surface area contributed by atoms with Crippen LogP contribution >= 0.6 is 0 Å². The van der Waals surface area contributed by atoms with Crippen LogP contribution in [-0.2, 0) is 27.6 Å². The summed E-state index contributed by atoms with van der Waals surface area (Å²) in [4.78, 5) is 12.2. The van der Waals surface area contributed by atoms with Gasteiger partial charge in [0.1, 0.15) is 0 Å². The Labute approximate surface area is 118 Å². The molecule has 0 bridgehead atoms. The molecule has 2 heterocycles. The van der Waals surface area contributed by atoms with Gasteiger partial charge < -0.3 is 10.6 Å². The Morgan fingerprint density at radius 2 is 2.00 bits per heavy atom. The first-order valence-electron chi connectivity index (χ1n) is 6.84. The van der Waals surface area contributed by atoms with Gasteiger partial charge in [-0.15, -0.1) is 0 Å². The standard InChI is InChI=1S/C14H18N2O3S/c17-14(16-12-5-6-20(18,19)9-12)13-7-10-3-1-2-4-11(10)8-15-13/h1-4,12-13,15H,5-9H2,(H,16,17)/t12?,13-/m0/s1. The summed E-state index contributed by atoms with van der Waals surface area (Å²) >= 11 is 0. The molecule has 0 spiro atoms. The van der Waals surface area contributed by atoms with Crippen molar-refractivity contribution >= 4 is 15.7 Å². The van der Waals surface area contributed by atoms with E-state index in [9.17, 15) is 13.2 Å². The zero-order chi connectivity index (χ0) is 14.2. The molecule has 1 unspecified atom stereocenters. The predicted octanol–water partition coefficient (Wildman–Crippen LogP) is 0.00420. The quantitative estimate of drug-likeness (QED) is 0.805. The van der Waals surface area contributed by atoms with Gasteiger partial charge in [-0.2, -0.15) is 0 Å². The van der Waals surface area contributed by atoms with E-state index >= 15 is 0 Å². The van der Waals surface area contributed by atoms with Crippen LogP contribution in [-0.4, -0.2) is 37.9 Å². The van der Waals surface area contributed by atoms with E-state index in [1.165, 1.54) is 11.1 Å². The van der Waals surface area contributed by atoms with Crippen molar-refractivity contribution < 1.29 is 13.2 Å². The monoisotopic (exact) mass is 294 g/mol. The van der Waals surface area contributed by atoms with Gasteiger partial charge in [0, 0.05) is 12.6 Å². The number of fused-ring (bicyclic) bond motifs is 1. The number of carbonyl (C=O) groups is 1. The Morgan fingerprint density at radius 3 is 2.70 bits per heavy atom. The third-order valence-electron chi connectivity index (χ3n) is 3.98. The topological polar surface area (TPSA) is 75.3 Å². The van der Waals surface area contributed by atoms with Crippen LogP contribution in [0.15, 0.2) is 24.3 Å². The molecule has 0 radical (unpaired) electrons. The van der Waals surface area contributed by atoms with Crippen molar-refractivity contribution in [2.45, 2.75) is 31.5 Å². The van der Waals surface area contributed by atoms with Crippen LogP contribution in [0.2, 0.25) is 0 Å². The van der Waals surface area contributed by atoms with Gasteiger partial charge >= 0.3 is 0 Å². The highest BCUT2D eigenvalue weighted by Gasteiger charge is 2.31. The summed E-state index contributed by atoms with van der Waals surface area (Å²) in [6.45, 7) is 0.678.